The number of hydrogen-bond acceptors (Lipinski definition) is 3. The van der Waals surface area contributed by atoms with Gasteiger partial charge in [0.2, 0.25) is 0 Å². The van der Waals surface area contributed by atoms with Crippen molar-refractivity contribution in [3.05, 3.63) is 0 Å². The van der Waals surface area contributed by atoms with Gasteiger partial charge in [-0.1, -0.05) is 31.9 Å². The van der Waals surface area contributed by atoms with Crippen molar-refractivity contribution in [3.8, 4) is 0 Å². The summed E-state index contributed by atoms with van der Waals surface area (Å²) < 4.78 is 11.8. The zero-order chi connectivity index (χ0) is 11.4. The Morgan fingerprint density at radius 3 is 2.24 bits per heavy atom. The molecule has 6 saturated carbocycles. The monoisotopic (exact) mass is 360 g/mol. The number of carbonyl (C=O) groups excluding carboxylic acids is 1. The number of ketones is 1. The van der Waals surface area contributed by atoms with E-state index in [4.69, 9.17) is 9.47 Å². The molecule has 1 saturated heterocycles. The maximum Gasteiger partial charge on any atom is 0.188 e. The molecule has 1 aliphatic heterocycles. The van der Waals surface area contributed by atoms with Gasteiger partial charge in [0.05, 0.1) is 21.9 Å². The van der Waals surface area contributed by atoms with Gasteiger partial charge >= 0.3 is 0 Å². The number of hydrogen-bond donors (Lipinski definition) is 0. The molecule has 1 spiro atoms. The lowest BCUT2D eigenvalue weighted by atomic mass is 9.40. The van der Waals surface area contributed by atoms with Crippen molar-refractivity contribution >= 4 is 37.6 Å². The van der Waals surface area contributed by atoms with Crippen molar-refractivity contribution in [2.45, 2.75) is 14.4 Å². The molecule has 0 N–H and O–H groups in total. The Hall–Kier alpha value is 0.550. The van der Waals surface area contributed by atoms with Gasteiger partial charge < -0.3 is 9.47 Å². The van der Waals surface area contributed by atoms with Crippen molar-refractivity contribution in [1.29, 1.82) is 0 Å². The van der Waals surface area contributed by atoms with Crippen LogP contribution in [0.3, 0.4) is 0 Å². The van der Waals surface area contributed by atoms with Crippen molar-refractivity contribution < 1.29 is 14.3 Å². The number of Topliss-reactive ketones (excluding diaryl/α,β-unsaturated/α-hetero) is 1. The topological polar surface area (TPSA) is 35.5 Å². The van der Waals surface area contributed by atoms with Gasteiger partial charge in [0.15, 0.2) is 11.6 Å². The summed E-state index contributed by atoms with van der Waals surface area (Å²) >= 11 is 7.73. The lowest BCUT2D eigenvalue weighted by Gasteiger charge is -2.69. The minimum absolute atomic E-state index is 0.0510. The molecular weight excluding hydrogens is 352 g/mol. The van der Waals surface area contributed by atoms with Crippen LogP contribution in [-0.4, -0.2) is 33.4 Å². The third-order valence-electron chi connectivity index (χ3n) is 6.63. The van der Waals surface area contributed by atoms with E-state index < -0.39 is 5.79 Å². The van der Waals surface area contributed by atoms with E-state index in [0.29, 0.717) is 48.6 Å². The standard InChI is InChI=1S/C12H10Br2O3/c13-10-6-4-3(9(10)15)5-7(10)8(6)11(4,14)12(5)16-1-2-17-12/h3-8H,1-2H2/t3?,4?,5?,6?,7?,8?,10?,11-/m1/s1. The van der Waals surface area contributed by atoms with Crippen LogP contribution in [0.2, 0.25) is 0 Å². The van der Waals surface area contributed by atoms with Crippen LogP contribution in [0.15, 0.2) is 0 Å². The average Bonchev–Trinajstić information content (AvgIpc) is 2.96. The van der Waals surface area contributed by atoms with Gasteiger partial charge in [-0.2, -0.15) is 0 Å². The Balaban J connectivity index is 1.69. The predicted octanol–water partition coefficient (Wildman–Crippen LogP) is 1.33. The molecule has 0 aromatic carbocycles. The van der Waals surface area contributed by atoms with Crippen molar-refractivity contribution in [2.75, 3.05) is 13.2 Å². The lowest BCUT2D eigenvalue weighted by molar-refractivity contribution is -0.199. The zero-order valence-electron chi connectivity index (χ0n) is 8.86. The highest BCUT2D eigenvalue weighted by molar-refractivity contribution is 9.10. The van der Waals surface area contributed by atoms with Crippen molar-refractivity contribution in [1.82, 2.24) is 0 Å². The molecule has 5 heteroatoms. The highest BCUT2D eigenvalue weighted by Crippen LogP contribution is 2.96. The summed E-state index contributed by atoms with van der Waals surface area (Å²) in [6.45, 7) is 1.35. The van der Waals surface area contributed by atoms with Gasteiger partial charge in [0, 0.05) is 11.8 Å². The molecule has 6 aliphatic carbocycles. The number of halogens is 2. The van der Waals surface area contributed by atoms with Gasteiger partial charge in [0.1, 0.15) is 0 Å². The van der Waals surface area contributed by atoms with Crippen LogP contribution in [0.4, 0.5) is 0 Å². The van der Waals surface area contributed by atoms with E-state index in [1.54, 1.807) is 0 Å². The van der Waals surface area contributed by atoms with E-state index in [1.165, 1.54) is 0 Å². The molecule has 0 aromatic rings. The molecule has 0 radical (unpaired) electrons. The Morgan fingerprint density at radius 1 is 1.00 bits per heavy atom. The van der Waals surface area contributed by atoms with E-state index in [-0.39, 0.29) is 14.6 Å². The molecule has 17 heavy (non-hydrogen) atoms. The summed E-state index contributed by atoms with van der Waals surface area (Å²) in [6.07, 6.45) is 0. The van der Waals surface area contributed by atoms with E-state index in [2.05, 4.69) is 31.9 Å². The van der Waals surface area contributed by atoms with E-state index >= 15 is 0 Å². The minimum atomic E-state index is -0.476. The van der Waals surface area contributed by atoms with E-state index in [1.807, 2.05) is 0 Å². The van der Waals surface area contributed by atoms with Gasteiger partial charge in [-0.3, -0.25) is 4.79 Å². The highest BCUT2D eigenvalue weighted by Gasteiger charge is 3.04. The molecule has 1 heterocycles. The number of rotatable bonds is 0. The molecule has 8 atom stereocenters. The Labute approximate surface area is 115 Å². The van der Waals surface area contributed by atoms with Crippen LogP contribution in [-0.2, 0) is 14.3 Å². The number of alkyl halides is 2. The molecule has 7 unspecified atom stereocenters. The summed E-state index contributed by atoms with van der Waals surface area (Å²) in [5.74, 6) is 2.50. The summed E-state index contributed by atoms with van der Waals surface area (Å²) in [7, 11) is 0. The zero-order valence-corrected chi connectivity index (χ0v) is 12.0. The first-order valence-electron chi connectivity index (χ1n) is 6.30. The molecule has 7 fully saturated rings. The minimum Gasteiger partial charge on any atom is -0.346 e. The normalized spacial score (nSPS) is 74.6. The molecule has 3 nitrogen and oxygen atoms in total. The van der Waals surface area contributed by atoms with E-state index in [0.717, 1.165) is 0 Å². The fourth-order valence-electron chi connectivity index (χ4n) is 6.58. The Morgan fingerprint density at radius 2 is 1.65 bits per heavy atom. The summed E-state index contributed by atoms with van der Waals surface area (Å²) in [5, 5.41) is 0. The predicted molar refractivity (Wildman–Crippen MR) is 63.9 cm³/mol. The molecule has 7 aliphatic rings. The molecule has 4 bridgehead atoms. The number of carbonyl (C=O) groups is 1. The second-order valence-corrected chi connectivity index (χ2v) is 9.04. The Kier molecular flexibility index (Phi) is 1.17. The molecule has 90 valence electrons. The maximum atomic E-state index is 12.5. The van der Waals surface area contributed by atoms with Crippen LogP contribution in [0.5, 0.6) is 0 Å². The largest absolute Gasteiger partial charge is 0.346 e. The average molecular weight is 362 g/mol. The van der Waals surface area contributed by atoms with Crippen molar-refractivity contribution in [3.63, 3.8) is 0 Å². The third-order valence-corrected chi connectivity index (χ3v) is 9.69. The van der Waals surface area contributed by atoms with Crippen LogP contribution in [0.25, 0.3) is 0 Å². The molecule has 7 rings (SSSR count). The van der Waals surface area contributed by atoms with Crippen LogP contribution < -0.4 is 0 Å². The number of ether oxygens (including phenoxy) is 2. The third kappa shape index (κ3) is 0.514. The first-order chi connectivity index (χ1) is 8.10. The van der Waals surface area contributed by atoms with Crippen LogP contribution in [0.1, 0.15) is 0 Å². The summed E-state index contributed by atoms with van der Waals surface area (Å²) in [4.78, 5) is 12.5. The fraction of sp³-hybridized carbons (Fsp3) is 0.917. The maximum absolute atomic E-state index is 12.5. The fourth-order valence-corrected chi connectivity index (χ4v) is 9.62. The summed E-state index contributed by atoms with van der Waals surface area (Å²) in [6, 6.07) is 0. The van der Waals surface area contributed by atoms with Gasteiger partial charge in [-0.05, 0) is 23.7 Å². The smallest absolute Gasteiger partial charge is 0.188 e. The lowest BCUT2D eigenvalue weighted by Crippen LogP contribution is -2.75. The van der Waals surface area contributed by atoms with Gasteiger partial charge in [-0.25, -0.2) is 0 Å². The summed E-state index contributed by atoms with van der Waals surface area (Å²) in [5.41, 5.74) is 0. The first-order valence-corrected chi connectivity index (χ1v) is 7.89. The van der Waals surface area contributed by atoms with Crippen LogP contribution in [0, 0.1) is 35.5 Å². The highest BCUT2D eigenvalue weighted by atomic mass is 79.9. The van der Waals surface area contributed by atoms with Crippen molar-refractivity contribution in [2.24, 2.45) is 35.5 Å². The molecule has 0 amide bonds. The molecular formula is C12H10Br2O3. The first kappa shape index (κ1) is 9.45. The quantitative estimate of drug-likeness (QED) is 0.611. The molecule has 0 aromatic heterocycles. The Bertz CT molecular complexity index is 516. The van der Waals surface area contributed by atoms with Crippen LogP contribution >= 0.6 is 31.9 Å². The van der Waals surface area contributed by atoms with Gasteiger partial charge in [0.25, 0.3) is 0 Å². The second-order valence-electron chi connectivity index (χ2n) is 6.42. The van der Waals surface area contributed by atoms with Gasteiger partial charge in [-0.15, -0.1) is 0 Å². The second kappa shape index (κ2) is 2.11. The SMILES string of the molecule is O=C1C2C3C4C5C(C2[C@]5(Br)C32OCCO2)C14Br. The van der Waals surface area contributed by atoms with E-state index in [9.17, 15) is 4.79 Å².